The number of likely N-dealkylation sites (tertiary alicyclic amines) is 1. The number of hydrogen-bond acceptors (Lipinski definition) is 3. The van der Waals surface area contributed by atoms with Crippen LogP contribution in [0.4, 0.5) is 0 Å². The molecule has 4 nitrogen and oxygen atoms in total. The monoisotopic (exact) mass is 247 g/mol. The molecule has 0 radical (unpaired) electrons. The first-order chi connectivity index (χ1) is 8.79. The third-order valence-corrected chi connectivity index (χ3v) is 3.82. The van der Waals surface area contributed by atoms with Crippen molar-refractivity contribution in [3.8, 4) is 0 Å². The summed E-state index contributed by atoms with van der Waals surface area (Å²) >= 11 is 0. The van der Waals surface area contributed by atoms with E-state index in [0.717, 1.165) is 24.9 Å². The quantitative estimate of drug-likeness (QED) is 0.857. The predicted octanol–water partition coefficient (Wildman–Crippen LogP) is 1.31. The molecule has 0 bridgehead atoms. The van der Waals surface area contributed by atoms with Crippen LogP contribution in [0.1, 0.15) is 34.3 Å². The van der Waals surface area contributed by atoms with Gasteiger partial charge in [0.2, 0.25) is 0 Å². The van der Waals surface area contributed by atoms with Gasteiger partial charge in [0, 0.05) is 12.1 Å². The third kappa shape index (κ3) is 1.91. The second-order valence-electron chi connectivity index (χ2n) is 4.95. The number of carbonyl (C=O) groups is 1. The minimum Gasteiger partial charge on any atom is -0.394 e. The zero-order valence-corrected chi connectivity index (χ0v) is 10.3. The van der Waals surface area contributed by atoms with E-state index in [2.05, 4.69) is 0 Å². The smallest absolute Gasteiger partial charge is 0.254 e. The van der Waals surface area contributed by atoms with Crippen LogP contribution in [0.2, 0.25) is 0 Å². The minimum atomic E-state index is -0.0120. The molecule has 1 aromatic carbocycles. The summed E-state index contributed by atoms with van der Waals surface area (Å²) in [7, 11) is 0. The first-order valence-corrected chi connectivity index (χ1v) is 6.41. The van der Waals surface area contributed by atoms with Crippen molar-refractivity contribution in [3.05, 3.63) is 34.9 Å². The lowest BCUT2D eigenvalue weighted by atomic mass is 10.1. The first-order valence-electron chi connectivity index (χ1n) is 6.41. The lowest BCUT2D eigenvalue weighted by Gasteiger charge is -2.23. The number of nitrogens with zero attached hydrogens (tertiary/aromatic N) is 1. The summed E-state index contributed by atoms with van der Waals surface area (Å²) < 4.78 is 5.35. The number of amides is 1. The van der Waals surface area contributed by atoms with Crippen LogP contribution < -0.4 is 0 Å². The van der Waals surface area contributed by atoms with Crippen LogP contribution in [-0.4, -0.2) is 35.1 Å². The Morgan fingerprint density at radius 3 is 3.06 bits per heavy atom. The highest BCUT2D eigenvalue weighted by atomic mass is 16.5. The van der Waals surface area contributed by atoms with Gasteiger partial charge in [-0.1, -0.05) is 6.07 Å². The first kappa shape index (κ1) is 11.7. The van der Waals surface area contributed by atoms with Gasteiger partial charge in [-0.15, -0.1) is 0 Å². The number of ether oxygens (including phenoxy) is 1. The van der Waals surface area contributed by atoms with Gasteiger partial charge in [-0.05, 0) is 36.1 Å². The average molecular weight is 247 g/mol. The molecule has 1 atom stereocenters. The van der Waals surface area contributed by atoms with Crippen molar-refractivity contribution in [3.63, 3.8) is 0 Å². The molecule has 1 aromatic rings. The van der Waals surface area contributed by atoms with Gasteiger partial charge in [0.05, 0.1) is 25.9 Å². The van der Waals surface area contributed by atoms with Crippen molar-refractivity contribution in [2.24, 2.45) is 0 Å². The molecule has 4 heteroatoms. The molecule has 3 rings (SSSR count). The molecular formula is C14H17NO3. The van der Waals surface area contributed by atoms with E-state index >= 15 is 0 Å². The maximum atomic E-state index is 12.4. The van der Waals surface area contributed by atoms with Gasteiger partial charge in [0.25, 0.3) is 5.91 Å². The normalized spacial score (nSPS) is 22.3. The number of carbonyl (C=O) groups excluding carboxylic acids is 1. The summed E-state index contributed by atoms with van der Waals surface area (Å²) in [6.45, 7) is 2.05. The standard InChI is InChI=1S/C14H17NO3/c16-7-13-2-1-5-15(13)14(17)10-3-4-11-8-18-9-12(11)6-10/h3-4,6,13,16H,1-2,5,7-9H2/t13-/m0/s1. The topological polar surface area (TPSA) is 49.8 Å². The van der Waals surface area contributed by atoms with E-state index in [1.165, 1.54) is 5.56 Å². The highest BCUT2D eigenvalue weighted by molar-refractivity contribution is 5.95. The molecule has 1 N–H and O–H groups in total. The van der Waals surface area contributed by atoms with Crippen molar-refractivity contribution in [1.82, 2.24) is 4.90 Å². The van der Waals surface area contributed by atoms with Crippen LogP contribution in [0.25, 0.3) is 0 Å². The van der Waals surface area contributed by atoms with Crippen molar-refractivity contribution in [2.45, 2.75) is 32.1 Å². The number of aliphatic hydroxyl groups is 1. The van der Waals surface area contributed by atoms with E-state index < -0.39 is 0 Å². The second kappa shape index (κ2) is 4.71. The summed E-state index contributed by atoms with van der Waals surface area (Å²) in [5.74, 6) is 0.0289. The molecule has 0 saturated carbocycles. The minimum absolute atomic E-state index is 0.0120. The van der Waals surface area contributed by atoms with Crippen molar-refractivity contribution >= 4 is 5.91 Å². The second-order valence-corrected chi connectivity index (χ2v) is 4.95. The van der Waals surface area contributed by atoms with Gasteiger partial charge in [0.1, 0.15) is 0 Å². The zero-order valence-electron chi connectivity index (χ0n) is 10.3. The number of aliphatic hydroxyl groups excluding tert-OH is 1. The number of fused-ring (bicyclic) bond motifs is 1. The van der Waals surface area contributed by atoms with E-state index in [9.17, 15) is 9.90 Å². The Hall–Kier alpha value is -1.39. The Balaban J connectivity index is 1.84. The van der Waals surface area contributed by atoms with E-state index in [1.54, 1.807) is 4.90 Å². The lowest BCUT2D eigenvalue weighted by Crippen LogP contribution is -2.37. The molecule has 0 unspecified atom stereocenters. The number of rotatable bonds is 2. The molecule has 1 saturated heterocycles. The van der Waals surface area contributed by atoms with Crippen LogP contribution in [0.3, 0.4) is 0 Å². The summed E-state index contributed by atoms with van der Waals surface area (Å²) in [5, 5.41) is 9.27. The zero-order chi connectivity index (χ0) is 12.5. The molecule has 1 fully saturated rings. The van der Waals surface area contributed by atoms with Gasteiger partial charge in [-0.25, -0.2) is 0 Å². The molecule has 96 valence electrons. The molecule has 1 amide bonds. The number of hydrogen-bond donors (Lipinski definition) is 1. The molecule has 0 aliphatic carbocycles. The van der Waals surface area contributed by atoms with E-state index in [0.29, 0.717) is 18.8 Å². The molecule has 2 aliphatic heterocycles. The Kier molecular flexibility index (Phi) is 3.06. The highest BCUT2D eigenvalue weighted by Crippen LogP contribution is 2.24. The van der Waals surface area contributed by atoms with Gasteiger partial charge < -0.3 is 14.7 Å². The van der Waals surface area contributed by atoms with Gasteiger partial charge in [-0.3, -0.25) is 4.79 Å². The van der Waals surface area contributed by atoms with E-state index in [-0.39, 0.29) is 18.6 Å². The van der Waals surface area contributed by atoms with Crippen molar-refractivity contribution < 1.29 is 14.6 Å². The Labute approximate surface area is 106 Å². The fourth-order valence-corrected chi connectivity index (χ4v) is 2.76. The Bertz CT molecular complexity index is 472. The predicted molar refractivity (Wildman–Crippen MR) is 66.1 cm³/mol. The lowest BCUT2D eigenvalue weighted by molar-refractivity contribution is 0.0677. The molecule has 2 aliphatic rings. The van der Waals surface area contributed by atoms with Crippen molar-refractivity contribution in [1.29, 1.82) is 0 Å². The fraction of sp³-hybridized carbons (Fsp3) is 0.500. The van der Waals surface area contributed by atoms with Gasteiger partial charge in [-0.2, -0.15) is 0 Å². The molecular weight excluding hydrogens is 230 g/mol. The summed E-state index contributed by atoms with van der Waals surface area (Å²) in [6.07, 6.45) is 1.88. The molecule has 0 spiro atoms. The van der Waals surface area contributed by atoms with Gasteiger partial charge >= 0.3 is 0 Å². The summed E-state index contributed by atoms with van der Waals surface area (Å²) in [4.78, 5) is 14.2. The molecule has 18 heavy (non-hydrogen) atoms. The maximum absolute atomic E-state index is 12.4. The van der Waals surface area contributed by atoms with Crippen LogP contribution in [0.15, 0.2) is 18.2 Å². The highest BCUT2D eigenvalue weighted by Gasteiger charge is 2.29. The fourth-order valence-electron chi connectivity index (χ4n) is 2.76. The van der Waals surface area contributed by atoms with Crippen LogP contribution >= 0.6 is 0 Å². The van der Waals surface area contributed by atoms with E-state index in [1.807, 2.05) is 18.2 Å². The maximum Gasteiger partial charge on any atom is 0.254 e. The molecule has 0 aromatic heterocycles. The van der Waals surface area contributed by atoms with Gasteiger partial charge in [0.15, 0.2) is 0 Å². The van der Waals surface area contributed by atoms with Crippen molar-refractivity contribution in [2.75, 3.05) is 13.2 Å². The van der Waals surface area contributed by atoms with Crippen LogP contribution in [0, 0.1) is 0 Å². The third-order valence-electron chi connectivity index (χ3n) is 3.82. The Morgan fingerprint density at radius 1 is 1.39 bits per heavy atom. The average Bonchev–Trinajstić information content (AvgIpc) is 3.05. The SMILES string of the molecule is O=C(c1ccc2c(c1)COC2)N1CCC[C@H]1CO. The van der Waals surface area contributed by atoms with Crippen LogP contribution in [0.5, 0.6) is 0 Å². The summed E-state index contributed by atoms with van der Waals surface area (Å²) in [6, 6.07) is 5.75. The molecule has 2 heterocycles. The van der Waals surface area contributed by atoms with Crippen LogP contribution in [-0.2, 0) is 18.0 Å². The Morgan fingerprint density at radius 2 is 2.22 bits per heavy atom. The number of benzene rings is 1. The largest absolute Gasteiger partial charge is 0.394 e. The summed E-state index contributed by atoms with van der Waals surface area (Å²) in [5.41, 5.74) is 2.99. The van der Waals surface area contributed by atoms with E-state index in [4.69, 9.17) is 4.74 Å².